The number of aromatic nitrogens is 2. The van der Waals surface area contributed by atoms with Gasteiger partial charge < -0.3 is 4.74 Å². The smallest absolute Gasteiger partial charge is 0.344 e. The molecule has 0 aliphatic carbocycles. The minimum Gasteiger partial charge on any atom is -0.403 e. The molecular weight excluding hydrogens is 475 g/mol. The van der Waals surface area contributed by atoms with Crippen molar-refractivity contribution >= 4 is 29.3 Å². The molecule has 3 rings (SSSR count). The maximum atomic E-state index is 14.3. The third-order valence-corrected chi connectivity index (χ3v) is 5.70. The molecule has 170 valence electrons. The molecule has 0 atom stereocenters. The topological polar surface area (TPSA) is 44.1 Å². The van der Waals surface area contributed by atoms with E-state index in [4.69, 9.17) is 16.3 Å². The van der Waals surface area contributed by atoms with Crippen molar-refractivity contribution in [1.29, 1.82) is 0 Å². The van der Waals surface area contributed by atoms with Crippen molar-refractivity contribution in [2.75, 3.05) is 0 Å². The number of hydrogen-bond donors (Lipinski definition) is 0. The zero-order chi connectivity index (χ0) is 24.0. The van der Waals surface area contributed by atoms with E-state index in [-0.39, 0.29) is 38.8 Å². The van der Waals surface area contributed by atoms with E-state index in [1.54, 1.807) is 26.8 Å². The van der Waals surface area contributed by atoms with Crippen LogP contribution < -0.4 is 4.74 Å². The summed E-state index contributed by atoms with van der Waals surface area (Å²) in [6.07, 6.45) is 0. The van der Waals surface area contributed by atoms with Crippen molar-refractivity contribution in [3.05, 3.63) is 69.6 Å². The Morgan fingerprint density at radius 2 is 1.56 bits per heavy atom. The summed E-state index contributed by atoms with van der Waals surface area (Å²) in [5, 5.41) is 4.52. The molecule has 1 aromatic heterocycles. The lowest BCUT2D eigenvalue weighted by Gasteiger charge is -2.22. The van der Waals surface area contributed by atoms with Gasteiger partial charge in [-0.2, -0.15) is 5.10 Å². The molecule has 4 nitrogen and oxygen atoms in total. The average molecular weight is 491 g/mol. The highest BCUT2D eigenvalue weighted by Gasteiger charge is 2.32. The van der Waals surface area contributed by atoms with Crippen LogP contribution in [0, 0.1) is 36.0 Å². The van der Waals surface area contributed by atoms with Crippen LogP contribution in [0.2, 0.25) is 5.02 Å². The Kier molecular flexibility index (Phi) is 6.57. The molecule has 0 aliphatic rings. The average Bonchev–Trinajstić information content (AvgIpc) is 3.03. The molecule has 32 heavy (non-hydrogen) atoms. The van der Waals surface area contributed by atoms with Crippen LogP contribution in [0.15, 0.2) is 34.1 Å². The van der Waals surface area contributed by atoms with Gasteiger partial charge in [0, 0.05) is 5.02 Å². The van der Waals surface area contributed by atoms with Gasteiger partial charge in [-0.1, -0.05) is 29.4 Å². The summed E-state index contributed by atoms with van der Waals surface area (Å²) in [5.74, 6) is -11.5. The third-order valence-electron chi connectivity index (χ3n) is 4.22. The van der Waals surface area contributed by atoms with Crippen LogP contribution in [0.1, 0.15) is 36.8 Å². The van der Waals surface area contributed by atoms with E-state index in [0.29, 0.717) is 0 Å². The second-order valence-electron chi connectivity index (χ2n) is 7.70. The highest BCUT2D eigenvalue weighted by molar-refractivity contribution is 7.99. The molecule has 0 radical (unpaired) electrons. The van der Waals surface area contributed by atoms with Gasteiger partial charge in [0.2, 0.25) is 11.7 Å². The van der Waals surface area contributed by atoms with Gasteiger partial charge in [0.1, 0.15) is 0 Å². The van der Waals surface area contributed by atoms with Crippen LogP contribution in [0.3, 0.4) is 0 Å². The van der Waals surface area contributed by atoms with Gasteiger partial charge in [0.15, 0.2) is 23.3 Å². The van der Waals surface area contributed by atoms with Crippen molar-refractivity contribution in [1.82, 2.24) is 9.78 Å². The number of hydrogen-bond acceptors (Lipinski definition) is 4. The SMILES string of the molecule is Cc1nn(C(C)(C)C)c(OC(=O)c2cccc(Cl)c2)c1Sc1c(F)c(F)c(F)c(F)c1F. The first-order valence-corrected chi connectivity index (χ1v) is 10.3. The van der Waals surface area contributed by atoms with Crippen LogP contribution in [0.25, 0.3) is 0 Å². The Morgan fingerprint density at radius 1 is 1.00 bits per heavy atom. The summed E-state index contributed by atoms with van der Waals surface area (Å²) in [5.41, 5.74) is -0.518. The quantitative estimate of drug-likeness (QED) is 0.177. The molecular formula is C21H16ClF5N2O2S. The van der Waals surface area contributed by atoms with Crippen molar-refractivity contribution in [3.8, 4) is 5.88 Å². The first-order chi connectivity index (χ1) is 14.8. The van der Waals surface area contributed by atoms with Crippen LogP contribution in [-0.2, 0) is 5.54 Å². The molecule has 0 spiro atoms. The molecule has 1 heterocycles. The van der Waals surface area contributed by atoms with Crippen LogP contribution in [0.5, 0.6) is 5.88 Å². The Balaban J connectivity index is 2.14. The molecule has 11 heteroatoms. The Morgan fingerprint density at radius 3 is 2.09 bits per heavy atom. The standard InChI is InChI=1S/C21H16ClF5N2O2S/c1-9-17(32-18-15(26)13(24)12(23)14(25)16(18)27)19(29(28-9)21(2,3)4)31-20(30)10-6-5-7-11(22)8-10/h5-8H,1-4H3. The second-order valence-corrected chi connectivity index (χ2v) is 9.16. The minimum atomic E-state index is -2.26. The van der Waals surface area contributed by atoms with E-state index >= 15 is 0 Å². The first-order valence-electron chi connectivity index (χ1n) is 9.10. The van der Waals surface area contributed by atoms with Gasteiger partial charge >= 0.3 is 5.97 Å². The molecule has 0 aliphatic heterocycles. The summed E-state index contributed by atoms with van der Waals surface area (Å²) in [6.45, 7) is 6.63. The van der Waals surface area contributed by atoms with Crippen molar-refractivity contribution < 1.29 is 31.5 Å². The van der Waals surface area contributed by atoms with E-state index in [9.17, 15) is 26.7 Å². The van der Waals surface area contributed by atoms with Gasteiger partial charge in [-0.25, -0.2) is 31.4 Å². The number of benzene rings is 2. The summed E-state index contributed by atoms with van der Waals surface area (Å²) in [6, 6.07) is 5.86. The maximum Gasteiger partial charge on any atom is 0.344 e. The van der Waals surface area contributed by atoms with Crippen LogP contribution in [0.4, 0.5) is 22.0 Å². The molecule has 0 N–H and O–H groups in total. The fourth-order valence-electron chi connectivity index (χ4n) is 2.69. The Bertz CT molecular complexity index is 1190. The number of nitrogens with zero attached hydrogens (tertiary/aromatic N) is 2. The Labute approximate surface area is 189 Å². The largest absolute Gasteiger partial charge is 0.403 e. The van der Waals surface area contributed by atoms with E-state index in [0.717, 1.165) is 0 Å². The fraction of sp³-hybridized carbons (Fsp3) is 0.238. The normalized spacial score (nSPS) is 11.7. The van der Waals surface area contributed by atoms with E-state index < -0.39 is 45.5 Å². The van der Waals surface area contributed by atoms with Crippen molar-refractivity contribution in [2.45, 2.75) is 43.0 Å². The van der Waals surface area contributed by atoms with Gasteiger partial charge in [-0.15, -0.1) is 0 Å². The second kappa shape index (κ2) is 8.74. The Hall–Kier alpha value is -2.59. The van der Waals surface area contributed by atoms with Crippen molar-refractivity contribution in [3.63, 3.8) is 0 Å². The van der Waals surface area contributed by atoms with E-state index in [2.05, 4.69) is 5.10 Å². The van der Waals surface area contributed by atoms with Crippen molar-refractivity contribution in [2.24, 2.45) is 0 Å². The lowest BCUT2D eigenvalue weighted by molar-refractivity contribution is 0.0704. The molecule has 0 bridgehead atoms. The number of halogens is 6. The molecule has 2 aromatic carbocycles. The third kappa shape index (κ3) is 4.47. The summed E-state index contributed by atoms with van der Waals surface area (Å²) < 4.78 is 76.1. The zero-order valence-electron chi connectivity index (χ0n) is 17.2. The summed E-state index contributed by atoms with van der Waals surface area (Å²) >= 11 is 6.13. The first kappa shape index (κ1) is 24.1. The highest BCUT2D eigenvalue weighted by Crippen LogP contribution is 2.43. The van der Waals surface area contributed by atoms with Gasteiger partial charge in [-0.05, 0) is 45.9 Å². The number of carbonyl (C=O) groups excluding carboxylic acids is 1. The molecule has 3 aromatic rings. The predicted molar refractivity (Wildman–Crippen MR) is 109 cm³/mol. The zero-order valence-corrected chi connectivity index (χ0v) is 18.8. The molecule has 0 amide bonds. The van der Waals surface area contributed by atoms with Gasteiger partial charge in [0.25, 0.3) is 0 Å². The molecule has 0 fully saturated rings. The number of aryl methyl sites for hydroxylation is 1. The monoisotopic (exact) mass is 490 g/mol. The minimum absolute atomic E-state index is 0.0847. The van der Waals surface area contributed by atoms with Crippen LogP contribution >= 0.6 is 23.4 Å². The maximum absolute atomic E-state index is 14.3. The van der Waals surface area contributed by atoms with Gasteiger partial charge in [0.05, 0.1) is 26.6 Å². The number of esters is 1. The highest BCUT2D eigenvalue weighted by atomic mass is 35.5. The molecule has 0 saturated carbocycles. The number of carbonyl (C=O) groups is 1. The summed E-state index contributed by atoms with van der Waals surface area (Å²) in [7, 11) is 0. The summed E-state index contributed by atoms with van der Waals surface area (Å²) in [4.78, 5) is 11.5. The molecule has 0 unspecified atom stereocenters. The van der Waals surface area contributed by atoms with E-state index in [1.807, 2.05) is 0 Å². The number of ether oxygens (including phenoxy) is 1. The van der Waals surface area contributed by atoms with Gasteiger partial charge in [-0.3, -0.25) is 0 Å². The van der Waals surface area contributed by atoms with E-state index in [1.165, 1.54) is 29.8 Å². The fourth-order valence-corrected chi connectivity index (χ4v) is 3.85. The number of rotatable bonds is 4. The lowest BCUT2D eigenvalue weighted by atomic mass is 10.1. The molecule has 0 saturated heterocycles. The predicted octanol–water partition coefficient (Wildman–Crippen LogP) is 6.67. The lowest BCUT2D eigenvalue weighted by Crippen LogP contribution is -2.25. The van der Waals surface area contributed by atoms with Crippen LogP contribution in [-0.4, -0.2) is 15.7 Å².